The van der Waals surface area contributed by atoms with E-state index in [9.17, 15) is 0 Å². The second-order valence-corrected chi connectivity index (χ2v) is 18.3. The number of nitrogens with zero attached hydrogens (tertiary/aromatic N) is 1. The van der Waals surface area contributed by atoms with Crippen molar-refractivity contribution in [2.24, 2.45) is 0 Å². The Morgan fingerprint density at radius 2 is 0.696 bits per heavy atom. The van der Waals surface area contributed by atoms with Gasteiger partial charge in [0.15, 0.2) is 0 Å². The lowest BCUT2D eigenvalue weighted by Gasteiger charge is -2.35. The Morgan fingerprint density at radius 1 is 0.261 bits per heavy atom. The number of benzene rings is 12. The Morgan fingerprint density at radius 3 is 1.32 bits per heavy atom. The Hall–Kier alpha value is -8.98. The highest BCUT2D eigenvalue weighted by Gasteiger charge is 2.46. The van der Waals surface area contributed by atoms with Gasteiger partial charge in [-0.15, -0.1) is 0 Å². The van der Waals surface area contributed by atoms with Crippen molar-refractivity contribution in [1.82, 2.24) is 0 Å². The average Bonchev–Trinajstić information content (AvgIpc) is 3.95. The van der Waals surface area contributed by atoms with Crippen molar-refractivity contribution in [3.8, 4) is 33.4 Å². The molecule has 0 atom stereocenters. The van der Waals surface area contributed by atoms with Crippen LogP contribution in [-0.2, 0) is 5.41 Å². The minimum absolute atomic E-state index is 0.522. The number of para-hydroxylation sites is 1. The van der Waals surface area contributed by atoms with E-state index in [0.29, 0.717) is 0 Å². The van der Waals surface area contributed by atoms with E-state index in [-0.39, 0.29) is 0 Å². The van der Waals surface area contributed by atoms with Crippen molar-refractivity contribution in [2.75, 3.05) is 4.90 Å². The van der Waals surface area contributed by atoms with Gasteiger partial charge in [0.1, 0.15) is 11.2 Å². The molecule has 69 heavy (non-hydrogen) atoms. The van der Waals surface area contributed by atoms with Crippen LogP contribution >= 0.6 is 0 Å². The summed E-state index contributed by atoms with van der Waals surface area (Å²) in [6, 6.07) is 95.7. The molecule has 0 N–H and O–H groups in total. The van der Waals surface area contributed by atoms with Crippen LogP contribution in [0.25, 0.3) is 87.6 Å². The second kappa shape index (κ2) is 15.6. The molecule has 1 heterocycles. The lowest BCUT2D eigenvalue weighted by Crippen LogP contribution is -2.28. The van der Waals surface area contributed by atoms with Crippen molar-refractivity contribution >= 4 is 71.3 Å². The molecular weight excluding hydrogens is 835 g/mol. The summed E-state index contributed by atoms with van der Waals surface area (Å²) in [5.74, 6) is 0. The molecule has 322 valence electrons. The summed E-state index contributed by atoms with van der Waals surface area (Å²) in [6.07, 6.45) is 0. The van der Waals surface area contributed by atoms with Crippen LogP contribution in [0.4, 0.5) is 17.1 Å². The minimum atomic E-state index is -0.522. The summed E-state index contributed by atoms with van der Waals surface area (Å²) in [7, 11) is 0. The van der Waals surface area contributed by atoms with Crippen LogP contribution < -0.4 is 4.90 Å². The lowest BCUT2D eigenvalue weighted by molar-refractivity contribution is 0.669. The van der Waals surface area contributed by atoms with E-state index in [4.69, 9.17) is 4.42 Å². The van der Waals surface area contributed by atoms with Gasteiger partial charge in [-0.2, -0.15) is 0 Å². The Bertz CT molecular complexity index is 4040. The fourth-order valence-corrected chi connectivity index (χ4v) is 11.6. The van der Waals surface area contributed by atoms with E-state index in [1.807, 2.05) is 12.1 Å². The van der Waals surface area contributed by atoms with Gasteiger partial charge in [-0.3, -0.25) is 0 Å². The van der Waals surface area contributed by atoms with Crippen molar-refractivity contribution < 1.29 is 4.42 Å². The molecule has 13 aromatic rings. The van der Waals surface area contributed by atoms with Crippen molar-refractivity contribution in [3.05, 3.63) is 283 Å². The number of hydrogen-bond acceptors (Lipinski definition) is 2. The number of anilines is 3. The number of fused-ring (bicyclic) bond motifs is 12. The third-order valence-electron chi connectivity index (χ3n) is 14.7. The van der Waals surface area contributed by atoms with E-state index in [1.54, 1.807) is 0 Å². The SMILES string of the molecule is c1ccc(C2(c3ccccc3)c3ccccc3-c3ccc(N(c4ccc(-c5ccc6oc7ccccc7c6c5)cc4)c4ccc(-c5ccc6c7ccccc7c7ccccc7c6c5)cc4)cc32)cc1. The molecule has 0 fully saturated rings. The summed E-state index contributed by atoms with van der Waals surface area (Å²) >= 11 is 0. The maximum absolute atomic E-state index is 6.20. The van der Waals surface area contributed by atoms with Crippen LogP contribution in [0.2, 0.25) is 0 Å². The van der Waals surface area contributed by atoms with Gasteiger partial charge < -0.3 is 9.32 Å². The standard InChI is InChI=1S/C67H43NO/c1-3-15-48(16-4-1)67(49-17-5-2-6-18-49)63-25-13-11-23-58(63)59-39-37-52(43-64(59)67)68(51-35-29-45(30-36-51)47-32-40-66-62(42-47)60-24-12-14-26-65(60)69-66)50-33-27-44(28-34-50)46-31-38-57-55-21-8-7-19-53(55)54-20-9-10-22-56(54)61(57)41-46/h1-43H. The number of hydrogen-bond donors (Lipinski definition) is 0. The molecule has 2 nitrogen and oxygen atoms in total. The predicted molar refractivity (Wildman–Crippen MR) is 289 cm³/mol. The number of rotatable bonds is 7. The van der Waals surface area contributed by atoms with Gasteiger partial charge in [0.05, 0.1) is 5.41 Å². The Labute approximate surface area is 400 Å². The summed E-state index contributed by atoms with van der Waals surface area (Å²) in [4.78, 5) is 2.42. The zero-order valence-electron chi connectivity index (χ0n) is 37.7. The molecule has 0 amide bonds. The van der Waals surface area contributed by atoms with Gasteiger partial charge in [0, 0.05) is 27.8 Å². The Balaban J connectivity index is 0.931. The van der Waals surface area contributed by atoms with E-state index in [0.717, 1.165) is 50.1 Å². The molecule has 14 rings (SSSR count). The predicted octanol–water partition coefficient (Wildman–Crippen LogP) is 18.2. The molecule has 0 aliphatic heterocycles. The third-order valence-corrected chi connectivity index (χ3v) is 14.7. The molecule has 0 saturated carbocycles. The van der Waals surface area contributed by atoms with E-state index >= 15 is 0 Å². The Kier molecular flexibility index (Phi) is 8.84. The first-order chi connectivity index (χ1) is 34.2. The average molecular weight is 878 g/mol. The quantitative estimate of drug-likeness (QED) is 0.148. The largest absolute Gasteiger partial charge is 0.456 e. The van der Waals surface area contributed by atoms with Gasteiger partial charge >= 0.3 is 0 Å². The first kappa shape index (κ1) is 39.2. The maximum atomic E-state index is 6.20. The fraction of sp³-hybridized carbons (Fsp3) is 0.0149. The summed E-state index contributed by atoms with van der Waals surface area (Å²) < 4.78 is 6.20. The van der Waals surface area contributed by atoms with Crippen LogP contribution in [0, 0.1) is 0 Å². The van der Waals surface area contributed by atoms with Crippen molar-refractivity contribution in [1.29, 1.82) is 0 Å². The molecule has 1 aliphatic carbocycles. The van der Waals surface area contributed by atoms with Crippen LogP contribution in [0.3, 0.4) is 0 Å². The van der Waals surface area contributed by atoms with Crippen LogP contribution in [0.1, 0.15) is 22.3 Å². The van der Waals surface area contributed by atoms with Gasteiger partial charge in [0.25, 0.3) is 0 Å². The first-order valence-corrected chi connectivity index (χ1v) is 23.8. The molecule has 0 unspecified atom stereocenters. The molecule has 0 saturated heterocycles. The molecule has 0 bridgehead atoms. The third kappa shape index (κ3) is 6.06. The molecule has 2 heteroatoms. The highest BCUT2D eigenvalue weighted by atomic mass is 16.3. The van der Waals surface area contributed by atoms with Crippen molar-refractivity contribution in [2.45, 2.75) is 5.41 Å². The zero-order chi connectivity index (χ0) is 45.5. The maximum Gasteiger partial charge on any atom is 0.135 e. The van der Waals surface area contributed by atoms with E-state index < -0.39 is 5.41 Å². The smallest absolute Gasteiger partial charge is 0.135 e. The molecular formula is C67H43NO. The molecule has 0 spiro atoms. The first-order valence-electron chi connectivity index (χ1n) is 23.8. The van der Waals surface area contributed by atoms with Crippen LogP contribution in [-0.4, -0.2) is 0 Å². The minimum Gasteiger partial charge on any atom is -0.456 e. The normalized spacial score (nSPS) is 12.8. The van der Waals surface area contributed by atoms with Gasteiger partial charge in [-0.05, 0) is 149 Å². The van der Waals surface area contributed by atoms with Gasteiger partial charge in [-0.25, -0.2) is 0 Å². The summed E-state index contributed by atoms with van der Waals surface area (Å²) in [5, 5.41) is 9.94. The van der Waals surface area contributed by atoms with Crippen molar-refractivity contribution in [3.63, 3.8) is 0 Å². The van der Waals surface area contributed by atoms with E-state index in [2.05, 4.69) is 254 Å². The fourth-order valence-electron chi connectivity index (χ4n) is 11.6. The molecule has 12 aromatic carbocycles. The summed E-state index contributed by atoms with van der Waals surface area (Å²) in [5.41, 5.74) is 16.8. The molecule has 0 radical (unpaired) electrons. The molecule has 1 aromatic heterocycles. The summed E-state index contributed by atoms with van der Waals surface area (Å²) in [6.45, 7) is 0. The highest BCUT2D eigenvalue weighted by molar-refractivity contribution is 6.25. The number of furan rings is 1. The lowest BCUT2D eigenvalue weighted by atomic mass is 9.67. The van der Waals surface area contributed by atoms with Gasteiger partial charge in [-0.1, -0.05) is 200 Å². The highest BCUT2D eigenvalue weighted by Crippen LogP contribution is 2.57. The van der Waals surface area contributed by atoms with E-state index in [1.165, 1.54) is 76.8 Å². The van der Waals surface area contributed by atoms with Crippen LogP contribution in [0.5, 0.6) is 0 Å². The molecule has 1 aliphatic rings. The van der Waals surface area contributed by atoms with Gasteiger partial charge in [0.2, 0.25) is 0 Å². The topological polar surface area (TPSA) is 16.4 Å². The monoisotopic (exact) mass is 877 g/mol. The zero-order valence-corrected chi connectivity index (χ0v) is 37.7. The van der Waals surface area contributed by atoms with Crippen LogP contribution in [0.15, 0.2) is 265 Å². The second-order valence-electron chi connectivity index (χ2n) is 18.3.